The normalized spacial score (nSPS) is 25.0. The molecule has 2 N–H and O–H groups in total. The minimum Gasteiger partial charge on any atom is -0.466 e. The largest absolute Gasteiger partial charge is 0.466 e. The lowest BCUT2D eigenvalue weighted by atomic mass is 9.85. The van der Waals surface area contributed by atoms with Crippen molar-refractivity contribution in [1.29, 1.82) is 0 Å². The highest BCUT2D eigenvalue weighted by atomic mass is 16.5. The predicted octanol–water partition coefficient (Wildman–Crippen LogP) is 3.97. The first-order valence-electron chi connectivity index (χ1n) is 10.8. The molecule has 4 rings (SSSR count). The maximum absolute atomic E-state index is 12.8. The number of carbonyl (C=O) groups is 1. The number of piperazine rings is 1. The van der Waals surface area contributed by atoms with Crippen LogP contribution in [0.25, 0.3) is 0 Å². The highest BCUT2D eigenvalue weighted by Gasteiger charge is 2.43. The Morgan fingerprint density at radius 1 is 1.03 bits per heavy atom. The Morgan fingerprint density at radius 2 is 1.67 bits per heavy atom. The van der Waals surface area contributed by atoms with Crippen LogP contribution in [-0.2, 0) is 4.74 Å². The van der Waals surface area contributed by atoms with Crippen molar-refractivity contribution in [3.8, 4) is 0 Å². The second-order valence-corrected chi connectivity index (χ2v) is 9.28. The molecule has 5 heteroatoms. The van der Waals surface area contributed by atoms with E-state index < -0.39 is 0 Å². The third kappa shape index (κ3) is 3.56. The fourth-order valence-corrected chi connectivity index (χ4v) is 4.93. The van der Waals surface area contributed by atoms with Gasteiger partial charge in [-0.3, -0.25) is 9.69 Å². The van der Waals surface area contributed by atoms with Crippen molar-refractivity contribution in [1.82, 2.24) is 9.80 Å². The first kappa shape index (κ1) is 20.7. The van der Waals surface area contributed by atoms with Crippen molar-refractivity contribution >= 4 is 5.91 Å². The van der Waals surface area contributed by atoms with Gasteiger partial charge in [-0.05, 0) is 51.8 Å². The van der Waals surface area contributed by atoms with Gasteiger partial charge in [0.2, 0.25) is 0 Å². The van der Waals surface area contributed by atoms with Crippen LogP contribution in [0.5, 0.6) is 0 Å². The van der Waals surface area contributed by atoms with Gasteiger partial charge in [0.1, 0.15) is 11.5 Å². The number of carbonyl (C=O) groups excluding carboxylic acids is 1. The van der Waals surface area contributed by atoms with Crippen LogP contribution >= 0.6 is 0 Å². The standard InChI is InChI=1S/C25H33N3O2/c1-16-6-8-20(9-7-16)24(29)28-12-10-27(11-13-28)15-25(5)14-21-19(4)30-18(3)17(2)22(21)23(25)26/h6-9H,10-15,26H2,1-5H3. The smallest absolute Gasteiger partial charge is 0.253 e. The summed E-state index contributed by atoms with van der Waals surface area (Å²) in [6, 6.07) is 7.85. The van der Waals surface area contributed by atoms with E-state index >= 15 is 0 Å². The van der Waals surface area contributed by atoms with Crippen molar-refractivity contribution in [2.75, 3.05) is 32.7 Å². The van der Waals surface area contributed by atoms with E-state index in [1.54, 1.807) is 0 Å². The Morgan fingerprint density at radius 3 is 2.30 bits per heavy atom. The second-order valence-electron chi connectivity index (χ2n) is 9.28. The summed E-state index contributed by atoms with van der Waals surface area (Å²) in [6.45, 7) is 14.6. The lowest BCUT2D eigenvalue weighted by Gasteiger charge is -2.39. The number of rotatable bonds is 3. The van der Waals surface area contributed by atoms with Crippen molar-refractivity contribution < 1.29 is 9.53 Å². The summed E-state index contributed by atoms with van der Waals surface area (Å²) in [7, 11) is 0. The average molecular weight is 408 g/mol. The molecule has 3 aliphatic rings. The van der Waals surface area contributed by atoms with E-state index in [1.807, 2.05) is 49.9 Å². The minimum absolute atomic E-state index is 0.107. The zero-order valence-corrected chi connectivity index (χ0v) is 18.8. The molecule has 1 aromatic carbocycles. The minimum atomic E-state index is -0.107. The molecule has 0 bridgehead atoms. The maximum atomic E-state index is 12.8. The molecule has 0 aromatic heterocycles. The first-order valence-corrected chi connectivity index (χ1v) is 10.8. The van der Waals surface area contributed by atoms with E-state index in [1.165, 1.54) is 16.7 Å². The molecule has 2 aliphatic heterocycles. The number of nitrogens with zero attached hydrogens (tertiary/aromatic N) is 2. The number of allylic oxidation sites excluding steroid dienone is 5. The van der Waals surface area contributed by atoms with Crippen LogP contribution in [0.1, 0.15) is 50.0 Å². The number of benzene rings is 1. The number of nitrogens with two attached hydrogens (primary N) is 1. The fraction of sp³-hybridized carbons (Fsp3) is 0.480. The Bertz CT molecular complexity index is 963. The molecule has 1 aromatic rings. The van der Waals surface area contributed by atoms with Crippen molar-refractivity contribution in [3.63, 3.8) is 0 Å². The number of hydrogen-bond donors (Lipinski definition) is 1. The van der Waals surface area contributed by atoms with Crippen molar-refractivity contribution in [2.45, 2.75) is 41.0 Å². The Kier molecular flexibility index (Phi) is 5.27. The van der Waals surface area contributed by atoms with Gasteiger partial charge in [-0.25, -0.2) is 0 Å². The average Bonchev–Trinajstić information content (AvgIpc) is 2.98. The van der Waals surface area contributed by atoms with Crippen molar-refractivity contribution in [3.05, 3.63) is 69.3 Å². The number of fused-ring (bicyclic) bond motifs is 1. The molecule has 0 saturated carbocycles. The van der Waals surface area contributed by atoms with Gasteiger partial charge in [-0.2, -0.15) is 0 Å². The number of hydrogen-bond acceptors (Lipinski definition) is 4. The zero-order valence-electron chi connectivity index (χ0n) is 18.8. The van der Waals surface area contributed by atoms with Gasteiger partial charge in [0, 0.05) is 60.5 Å². The molecule has 160 valence electrons. The van der Waals surface area contributed by atoms with Crippen LogP contribution in [0.2, 0.25) is 0 Å². The summed E-state index contributed by atoms with van der Waals surface area (Å²) >= 11 is 0. The highest BCUT2D eigenvalue weighted by molar-refractivity contribution is 5.94. The Hall–Kier alpha value is -2.53. The SMILES string of the molecule is CC1=C(C)C2=C(N)C(C)(CN3CCN(C(=O)c4ccc(C)cc4)CC3)CC2=C(C)O1. The summed E-state index contributed by atoms with van der Waals surface area (Å²) in [5, 5.41) is 0. The summed E-state index contributed by atoms with van der Waals surface area (Å²) in [6.07, 6.45) is 0.910. The Labute approximate surface area is 179 Å². The summed E-state index contributed by atoms with van der Waals surface area (Å²) in [5.74, 6) is 2.05. The molecule has 0 spiro atoms. The van der Waals surface area contributed by atoms with Gasteiger partial charge in [0.25, 0.3) is 5.91 Å². The van der Waals surface area contributed by atoms with Gasteiger partial charge < -0.3 is 15.4 Å². The van der Waals surface area contributed by atoms with Crippen LogP contribution in [0, 0.1) is 12.3 Å². The maximum Gasteiger partial charge on any atom is 0.253 e. The molecular weight excluding hydrogens is 374 g/mol. The summed E-state index contributed by atoms with van der Waals surface area (Å²) < 4.78 is 5.95. The van der Waals surface area contributed by atoms with Crippen LogP contribution in [0.15, 0.2) is 58.2 Å². The van der Waals surface area contributed by atoms with E-state index in [4.69, 9.17) is 10.5 Å². The second kappa shape index (κ2) is 7.62. The lowest BCUT2D eigenvalue weighted by Crippen LogP contribution is -2.51. The first-order chi connectivity index (χ1) is 14.2. The third-order valence-electron chi connectivity index (χ3n) is 6.95. The molecule has 1 saturated heterocycles. The molecule has 1 aliphatic carbocycles. The van der Waals surface area contributed by atoms with E-state index in [9.17, 15) is 4.79 Å². The van der Waals surface area contributed by atoms with Gasteiger partial charge in [-0.15, -0.1) is 0 Å². The predicted molar refractivity (Wildman–Crippen MR) is 120 cm³/mol. The molecule has 30 heavy (non-hydrogen) atoms. The number of aryl methyl sites for hydroxylation is 1. The van der Waals surface area contributed by atoms with Gasteiger partial charge in [0.15, 0.2) is 0 Å². The Balaban J connectivity index is 1.43. The summed E-state index contributed by atoms with van der Waals surface area (Å²) in [5.41, 5.74) is 13.2. The molecule has 1 unspecified atom stereocenters. The van der Waals surface area contributed by atoms with E-state index in [-0.39, 0.29) is 11.3 Å². The molecular formula is C25H33N3O2. The lowest BCUT2D eigenvalue weighted by molar-refractivity contribution is 0.0593. The van der Waals surface area contributed by atoms with E-state index in [0.29, 0.717) is 0 Å². The topological polar surface area (TPSA) is 58.8 Å². The third-order valence-corrected chi connectivity index (χ3v) is 6.95. The fourth-order valence-electron chi connectivity index (χ4n) is 4.93. The van der Waals surface area contributed by atoms with Crippen LogP contribution in [0.4, 0.5) is 0 Å². The zero-order chi connectivity index (χ0) is 21.6. The van der Waals surface area contributed by atoms with Crippen molar-refractivity contribution in [2.24, 2.45) is 11.1 Å². The number of ether oxygens (including phenoxy) is 1. The molecule has 5 nitrogen and oxygen atoms in total. The molecule has 1 fully saturated rings. The van der Waals surface area contributed by atoms with Crippen LogP contribution in [-0.4, -0.2) is 48.4 Å². The monoisotopic (exact) mass is 407 g/mol. The van der Waals surface area contributed by atoms with Gasteiger partial charge >= 0.3 is 0 Å². The molecule has 1 atom stereocenters. The van der Waals surface area contributed by atoms with Crippen LogP contribution in [0.3, 0.4) is 0 Å². The van der Waals surface area contributed by atoms with E-state index in [2.05, 4.69) is 18.7 Å². The quantitative estimate of drug-likeness (QED) is 0.824. The number of amides is 1. The van der Waals surface area contributed by atoms with Gasteiger partial charge in [-0.1, -0.05) is 24.6 Å². The van der Waals surface area contributed by atoms with Gasteiger partial charge in [0.05, 0.1) is 0 Å². The molecule has 0 radical (unpaired) electrons. The summed E-state index contributed by atoms with van der Waals surface area (Å²) in [4.78, 5) is 17.2. The molecule has 1 amide bonds. The van der Waals surface area contributed by atoms with Crippen LogP contribution < -0.4 is 5.73 Å². The molecule has 2 heterocycles. The van der Waals surface area contributed by atoms with E-state index in [0.717, 1.165) is 67.5 Å². The highest BCUT2D eigenvalue weighted by Crippen LogP contribution is 2.50.